The van der Waals surface area contributed by atoms with Gasteiger partial charge in [0, 0.05) is 17.1 Å². The van der Waals surface area contributed by atoms with Gasteiger partial charge in [-0.05, 0) is 35.9 Å². The number of carbonyl (C=O) groups is 1. The van der Waals surface area contributed by atoms with Gasteiger partial charge in [-0.25, -0.2) is 13.4 Å². The molecule has 3 aromatic rings. The van der Waals surface area contributed by atoms with Crippen LogP contribution in [0.5, 0.6) is 5.75 Å². The van der Waals surface area contributed by atoms with Crippen molar-refractivity contribution in [3.63, 3.8) is 0 Å². The average molecular weight is 373 g/mol. The third-order valence-electron chi connectivity index (χ3n) is 4.08. The van der Waals surface area contributed by atoms with Gasteiger partial charge in [0.15, 0.2) is 5.82 Å². The molecule has 1 aliphatic rings. The Hall–Kier alpha value is -3.20. The van der Waals surface area contributed by atoms with E-state index in [0.717, 1.165) is 10.9 Å². The summed E-state index contributed by atoms with van der Waals surface area (Å²) in [6.45, 7) is -0.599. The molecule has 0 bridgehead atoms. The van der Waals surface area contributed by atoms with E-state index < -0.39 is 39.9 Å². The van der Waals surface area contributed by atoms with Gasteiger partial charge < -0.3 is 5.11 Å². The number of amides is 1. The van der Waals surface area contributed by atoms with Gasteiger partial charge in [0.1, 0.15) is 18.0 Å². The van der Waals surface area contributed by atoms with Crippen molar-refractivity contribution in [2.45, 2.75) is 0 Å². The second kappa shape index (κ2) is 5.67. The first kappa shape index (κ1) is 16.3. The SMILES string of the molecule is O=C1CN(c2c(O)ccc(-c3ccc4ncccc4c3)c2F)S(=O)(=O)N1. The second-order valence-electron chi connectivity index (χ2n) is 5.74. The zero-order valence-corrected chi connectivity index (χ0v) is 14.0. The predicted octanol–water partition coefficient (Wildman–Crippen LogP) is 1.93. The van der Waals surface area contributed by atoms with E-state index in [1.165, 1.54) is 12.1 Å². The molecule has 1 aliphatic heterocycles. The lowest BCUT2D eigenvalue weighted by Gasteiger charge is -2.18. The number of pyridine rings is 1. The van der Waals surface area contributed by atoms with Gasteiger partial charge in [-0.15, -0.1) is 0 Å². The number of benzene rings is 2. The molecule has 0 aliphatic carbocycles. The van der Waals surface area contributed by atoms with E-state index in [1.807, 2.05) is 6.07 Å². The quantitative estimate of drug-likeness (QED) is 0.715. The van der Waals surface area contributed by atoms with Gasteiger partial charge in [-0.2, -0.15) is 8.42 Å². The highest BCUT2D eigenvalue weighted by Crippen LogP contribution is 2.39. The Kier molecular flexibility index (Phi) is 3.55. The molecule has 0 radical (unpaired) electrons. The summed E-state index contributed by atoms with van der Waals surface area (Å²) in [5, 5.41) is 10.8. The van der Waals surface area contributed by atoms with Crippen LogP contribution in [-0.2, 0) is 15.0 Å². The van der Waals surface area contributed by atoms with Crippen LogP contribution in [0.4, 0.5) is 10.1 Å². The smallest absolute Gasteiger partial charge is 0.326 e. The van der Waals surface area contributed by atoms with Gasteiger partial charge in [-0.1, -0.05) is 12.1 Å². The van der Waals surface area contributed by atoms with Crippen molar-refractivity contribution >= 4 is 32.7 Å². The fourth-order valence-electron chi connectivity index (χ4n) is 2.90. The number of phenolic OH excluding ortho intramolecular Hbond substituents is 1. The van der Waals surface area contributed by atoms with E-state index in [4.69, 9.17) is 0 Å². The van der Waals surface area contributed by atoms with Crippen molar-refractivity contribution < 1.29 is 22.7 Å². The second-order valence-corrected chi connectivity index (χ2v) is 7.34. The summed E-state index contributed by atoms with van der Waals surface area (Å²) in [6, 6.07) is 11.2. The summed E-state index contributed by atoms with van der Waals surface area (Å²) in [5.74, 6) is -2.31. The lowest BCUT2D eigenvalue weighted by molar-refractivity contribution is -0.117. The van der Waals surface area contributed by atoms with Crippen molar-refractivity contribution in [3.05, 3.63) is 54.5 Å². The standard InChI is InChI=1S/C17H12FN3O4S/c18-16-12(10-3-5-13-11(8-10)2-1-7-19-13)4-6-14(22)17(16)21-9-15(23)20-26(21,24)25/h1-8,22H,9H2,(H,20,23). The first-order valence-electron chi connectivity index (χ1n) is 7.57. The molecular weight excluding hydrogens is 361 g/mol. The van der Waals surface area contributed by atoms with Gasteiger partial charge in [0.05, 0.1) is 5.52 Å². The molecule has 4 rings (SSSR count). The van der Waals surface area contributed by atoms with Crippen LogP contribution in [0.15, 0.2) is 48.7 Å². The highest BCUT2D eigenvalue weighted by molar-refractivity contribution is 7.92. The fourth-order valence-corrected chi connectivity index (χ4v) is 4.07. The Morgan fingerprint density at radius 3 is 2.73 bits per heavy atom. The van der Waals surface area contributed by atoms with Crippen LogP contribution in [-0.4, -0.2) is 31.0 Å². The van der Waals surface area contributed by atoms with E-state index >= 15 is 4.39 Å². The summed E-state index contributed by atoms with van der Waals surface area (Å²) in [7, 11) is -4.24. The number of halogens is 1. The molecule has 2 N–H and O–H groups in total. The molecule has 2 aromatic carbocycles. The third kappa shape index (κ3) is 2.53. The van der Waals surface area contributed by atoms with E-state index in [2.05, 4.69) is 4.98 Å². The molecule has 0 atom stereocenters. The number of aromatic hydroxyl groups is 1. The monoisotopic (exact) mass is 373 g/mol. The molecule has 0 unspecified atom stereocenters. The van der Waals surface area contributed by atoms with Crippen molar-refractivity contribution in [1.29, 1.82) is 0 Å². The molecule has 9 heteroatoms. The number of aromatic nitrogens is 1. The minimum atomic E-state index is -4.24. The van der Waals surface area contributed by atoms with Crippen LogP contribution >= 0.6 is 0 Å². The van der Waals surface area contributed by atoms with Gasteiger partial charge >= 0.3 is 10.2 Å². The number of hydrogen-bond acceptors (Lipinski definition) is 5. The summed E-state index contributed by atoms with van der Waals surface area (Å²) in [6.07, 6.45) is 1.64. The summed E-state index contributed by atoms with van der Waals surface area (Å²) in [4.78, 5) is 15.6. The Bertz CT molecular complexity index is 1160. The van der Waals surface area contributed by atoms with Crippen LogP contribution in [0, 0.1) is 5.82 Å². The number of hydrogen-bond donors (Lipinski definition) is 2. The molecule has 1 amide bonds. The maximum absolute atomic E-state index is 15.1. The van der Waals surface area contributed by atoms with Crippen molar-refractivity contribution in [2.75, 3.05) is 10.8 Å². The molecule has 1 saturated heterocycles. The van der Waals surface area contributed by atoms with Crippen molar-refractivity contribution in [1.82, 2.24) is 9.71 Å². The minimum absolute atomic E-state index is 0.0955. The van der Waals surface area contributed by atoms with Crippen LogP contribution in [0.3, 0.4) is 0 Å². The normalized spacial score (nSPS) is 16.0. The summed E-state index contributed by atoms with van der Waals surface area (Å²) >= 11 is 0. The Morgan fingerprint density at radius 2 is 2.00 bits per heavy atom. The number of nitrogens with zero attached hydrogens (tertiary/aromatic N) is 2. The van der Waals surface area contributed by atoms with E-state index in [-0.39, 0.29) is 5.56 Å². The van der Waals surface area contributed by atoms with E-state index in [1.54, 1.807) is 35.2 Å². The molecule has 132 valence electrons. The molecule has 2 heterocycles. The molecule has 1 aromatic heterocycles. The number of nitrogens with one attached hydrogen (secondary N) is 1. The molecular formula is C17H12FN3O4S. The van der Waals surface area contributed by atoms with E-state index in [0.29, 0.717) is 9.87 Å². The Balaban J connectivity index is 1.90. The van der Waals surface area contributed by atoms with Crippen molar-refractivity contribution in [2.24, 2.45) is 0 Å². The predicted molar refractivity (Wildman–Crippen MR) is 93.2 cm³/mol. The van der Waals surface area contributed by atoms with Crippen LogP contribution in [0.25, 0.3) is 22.0 Å². The maximum atomic E-state index is 15.1. The number of phenols is 1. The zero-order chi connectivity index (χ0) is 18.5. The number of rotatable bonds is 2. The lowest BCUT2D eigenvalue weighted by atomic mass is 10.0. The topological polar surface area (TPSA) is 99.6 Å². The molecule has 0 spiro atoms. The number of fused-ring (bicyclic) bond motifs is 1. The number of anilines is 1. The Morgan fingerprint density at radius 1 is 1.19 bits per heavy atom. The summed E-state index contributed by atoms with van der Waals surface area (Å²) in [5.41, 5.74) is 0.748. The lowest BCUT2D eigenvalue weighted by Crippen LogP contribution is -2.30. The van der Waals surface area contributed by atoms with Gasteiger partial charge in [0.2, 0.25) is 0 Å². The minimum Gasteiger partial charge on any atom is -0.506 e. The molecule has 1 fully saturated rings. The van der Waals surface area contributed by atoms with Gasteiger partial charge in [-0.3, -0.25) is 9.78 Å². The molecule has 7 nitrogen and oxygen atoms in total. The van der Waals surface area contributed by atoms with Crippen LogP contribution in [0.2, 0.25) is 0 Å². The third-order valence-corrected chi connectivity index (χ3v) is 5.46. The Labute approximate surface area is 147 Å². The average Bonchev–Trinajstić information content (AvgIpc) is 2.87. The highest BCUT2D eigenvalue weighted by Gasteiger charge is 2.37. The maximum Gasteiger partial charge on any atom is 0.326 e. The summed E-state index contributed by atoms with van der Waals surface area (Å²) < 4.78 is 41.4. The van der Waals surface area contributed by atoms with Crippen molar-refractivity contribution in [3.8, 4) is 16.9 Å². The van der Waals surface area contributed by atoms with E-state index in [9.17, 15) is 18.3 Å². The van der Waals surface area contributed by atoms with Crippen LogP contribution in [0.1, 0.15) is 0 Å². The largest absolute Gasteiger partial charge is 0.506 e. The molecule has 0 saturated carbocycles. The first-order valence-corrected chi connectivity index (χ1v) is 9.01. The zero-order valence-electron chi connectivity index (χ0n) is 13.2. The van der Waals surface area contributed by atoms with Gasteiger partial charge in [0.25, 0.3) is 5.91 Å². The fraction of sp³-hybridized carbons (Fsp3) is 0.0588. The highest BCUT2D eigenvalue weighted by atomic mass is 32.2. The number of carbonyl (C=O) groups excluding carboxylic acids is 1. The van der Waals surface area contributed by atoms with Crippen LogP contribution < -0.4 is 9.03 Å². The molecule has 26 heavy (non-hydrogen) atoms. The first-order chi connectivity index (χ1) is 12.4.